The Balaban J connectivity index is 1.97. The summed E-state index contributed by atoms with van der Waals surface area (Å²) in [4.78, 5) is 30.6. The maximum Gasteiger partial charge on any atom is 0.451 e. The van der Waals surface area contributed by atoms with E-state index in [0.29, 0.717) is 4.52 Å². The molecule has 3 heterocycles. The normalized spacial score (nSPS) is 19.8. The second-order valence-corrected chi connectivity index (χ2v) is 6.19. The van der Waals surface area contributed by atoms with Crippen LogP contribution in [0.2, 0.25) is 0 Å². The van der Waals surface area contributed by atoms with Gasteiger partial charge >= 0.3 is 11.9 Å². The van der Waals surface area contributed by atoms with Crippen LogP contribution in [0, 0.1) is 5.92 Å². The van der Waals surface area contributed by atoms with Gasteiger partial charge in [-0.05, 0) is 24.0 Å². The van der Waals surface area contributed by atoms with Crippen LogP contribution in [-0.2, 0) is 6.18 Å². The van der Waals surface area contributed by atoms with Crippen molar-refractivity contribution in [1.82, 2.24) is 24.6 Å². The highest BCUT2D eigenvalue weighted by atomic mass is 19.4. The summed E-state index contributed by atoms with van der Waals surface area (Å²) in [5.74, 6) is -2.99. The first-order valence-corrected chi connectivity index (χ1v) is 7.73. The number of aromatic amines is 2. The number of fused-ring (bicyclic) bond motifs is 1. The zero-order valence-corrected chi connectivity index (χ0v) is 13.2. The van der Waals surface area contributed by atoms with Gasteiger partial charge in [0.05, 0.1) is 23.0 Å². The molecule has 3 aromatic rings. The van der Waals surface area contributed by atoms with Crippen LogP contribution in [0.3, 0.4) is 0 Å². The SMILES string of the molecule is O=c1[nH]cc(-c2cc([C@H]3C[C@@H]3C(F)F)c3cnc(C(F)(F)F)n3n2)c(=O)[nH]1. The summed E-state index contributed by atoms with van der Waals surface area (Å²) in [6, 6.07) is 1.28. The standard InChI is InChI=1S/C15H10F5N5O2/c16-11(17)7-1-5(7)6-2-9(8-3-22-14(27)23-12(8)26)24-25-10(6)4-21-13(25)15(18,19)20/h2-5,7,11H,1H2,(H2,22,23,26,27)/t5-,7+/m1/s1. The molecule has 1 aliphatic carbocycles. The highest BCUT2D eigenvalue weighted by Gasteiger charge is 2.47. The summed E-state index contributed by atoms with van der Waals surface area (Å²) in [7, 11) is 0. The van der Waals surface area contributed by atoms with E-state index in [0.717, 1.165) is 12.4 Å². The number of nitrogens with zero attached hydrogens (tertiary/aromatic N) is 3. The van der Waals surface area contributed by atoms with Gasteiger partial charge in [-0.15, -0.1) is 0 Å². The van der Waals surface area contributed by atoms with Crippen LogP contribution >= 0.6 is 0 Å². The Hall–Kier alpha value is -3.05. The molecule has 0 radical (unpaired) electrons. The third-order valence-electron chi connectivity index (χ3n) is 4.45. The lowest BCUT2D eigenvalue weighted by Gasteiger charge is -2.10. The molecular formula is C15H10F5N5O2. The molecule has 12 heteroatoms. The van der Waals surface area contributed by atoms with Crippen LogP contribution < -0.4 is 11.2 Å². The Labute approximate surface area is 145 Å². The predicted molar refractivity (Wildman–Crippen MR) is 81.5 cm³/mol. The topological polar surface area (TPSA) is 95.9 Å². The third kappa shape index (κ3) is 2.90. The Morgan fingerprint density at radius 1 is 1.26 bits per heavy atom. The number of nitrogens with one attached hydrogen (secondary N) is 2. The molecule has 0 saturated heterocycles. The number of imidazole rings is 1. The molecule has 0 bridgehead atoms. The zero-order valence-electron chi connectivity index (χ0n) is 13.2. The average Bonchev–Trinajstić information content (AvgIpc) is 3.24. The zero-order chi connectivity index (χ0) is 19.5. The van der Waals surface area contributed by atoms with Gasteiger partial charge < -0.3 is 4.98 Å². The summed E-state index contributed by atoms with van der Waals surface area (Å²) < 4.78 is 66.1. The van der Waals surface area contributed by atoms with E-state index in [2.05, 4.69) is 15.1 Å². The maximum atomic E-state index is 13.2. The Bertz CT molecular complexity index is 1150. The molecule has 3 aromatic heterocycles. The van der Waals surface area contributed by atoms with Gasteiger partial charge in [0.2, 0.25) is 12.2 Å². The van der Waals surface area contributed by atoms with Crippen molar-refractivity contribution in [2.24, 2.45) is 5.92 Å². The molecule has 142 valence electrons. The Kier molecular flexibility index (Phi) is 3.68. The summed E-state index contributed by atoms with van der Waals surface area (Å²) in [5, 5.41) is 3.81. The van der Waals surface area contributed by atoms with E-state index in [1.54, 1.807) is 0 Å². The molecule has 0 aromatic carbocycles. The molecule has 27 heavy (non-hydrogen) atoms. The lowest BCUT2D eigenvalue weighted by Crippen LogP contribution is -2.23. The molecule has 2 atom stereocenters. The fourth-order valence-corrected chi connectivity index (χ4v) is 3.07. The number of hydrogen-bond donors (Lipinski definition) is 2. The van der Waals surface area contributed by atoms with E-state index < -0.39 is 41.5 Å². The van der Waals surface area contributed by atoms with Crippen molar-refractivity contribution in [3.8, 4) is 11.3 Å². The summed E-state index contributed by atoms with van der Waals surface area (Å²) in [6.45, 7) is 0. The second kappa shape index (κ2) is 5.72. The van der Waals surface area contributed by atoms with E-state index in [-0.39, 0.29) is 28.8 Å². The van der Waals surface area contributed by atoms with E-state index in [4.69, 9.17) is 0 Å². The Morgan fingerprint density at radius 3 is 2.59 bits per heavy atom. The Morgan fingerprint density at radius 2 is 2.00 bits per heavy atom. The van der Waals surface area contributed by atoms with Crippen molar-refractivity contribution in [3.05, 3.63) is 50.7 Å². The van der Waals surface area contributed by atoms with Crippen LogP contribution in [0.4, 0.5) is 22.0 Å². The number of halogens is 5. The highest BCUT2D eigenvalue weighted by molar-refractivity contribution is 5.65. The van der Waals surface area contributed by atoms with Crippen molar-refractivity contribution in [3.63, 3.8) is 0 Å². The van der Waals surface area contributed by atoms with E-state index >= 15 is 0 Å². The van der Waals surface area contributed by atoms with Gasteiger partial charge in [-0.1, -0.05) is 0 Å². The average molecular weight is 387 g/mol. The fraction of sp³-hybridized carbons (Fsp3) is 0.333. The summed E-state index contributed by atoms with van der Waals surface area (Å²) in [6.07, 6.45) is -5.43. The molecule has 0 amide bonds. The van der Waals surface area contributed by atoms with E-state index in [1.165, 1.54) is 6.07 Å². The number of H-pyrrole nitrogens is 2. The van der Waals surface area contributed by atoms with Crippen molar-refractivity contribution in [1.29, 1.82) is 0 Å². The first kappa shape index (κ1) is 17.4. The van der Waals surface area contributed by atoms with Crippen LogP contribution in [0.15, 0.2) is 28.0 Å². The molecule has 0 unspecified atom stereocenters. The lowest BCUT2D eigenvalue weighted by molar-refractivity contribution is -0.146. The van der Waals surface area contributed by atoms with Gasteiger partial charge in [-0.25, -0.2) is 23.1 Å². The van der Waals surface area contributed by atoms with Crippen LogP contribution in [0.5, 0.6) is 0 Å². The molecule has 4 rings (SSSR count). The monoisotopic (exact) mass is 387 g/mol. The van der Waals surface area contributed by atoms with Crippen molar-refractivity contribution < 1.29 is 22.0 Å². The van der Waals surface area contributed by atoms with Crippen molar-refractivity contribution >= 4 is 5.52 Å². The molecule has 0 aliphatic heterocycles. The van der Waals surface area contributed by atoms with Gasteiger partial charge in [-0.2, -0.15) is 18.3 Å². The third-order valence-corrected chi connectivity index (χ3v) is 4.45. The van der Waals surface area contributed by atoms with Crippen LogP contribution in [0.1, 0.15) is 23.7 Å². The van der Waals surface area contributed by atoms with Gasteiger partial charge in [0, 0.05) is 12.1 Å². The van der Waals surface area contributed by atoms with Crippen molar-refractivity contribution in [2.75, 3.05) is 0 Å². The number of alkyl halides is 5. The maximum absolute atomic E-state index is 13.2. The first-order chi connectivity index (χ1) is 12.7. The predicted octanol–water partition coefficient (Wildman–Crippen LogP) is 2.16. The van der Waals surface area contributed by atoms with Gasteiger partial charge in [0.15, 0.2) is 0 Å². The molecule has 1 fully saturated rings. The molecule has 7 nitrogen and oxygen atoms in total. The molecule has 1 saturated carbocycles. The molecule has 2 N–H and O–H groups in total. The number of hydrogen-bond acceptors (Lipinski definition) is 4. The second-order valence-electron chi connectivity index (χ2n) is 6.19. The highest BCUT2D eigenvalue weighted by Crippen LogP contribution is 2.52. The molecular weight excluding hydrogens is 377 g/mol. The summed E-state index contributed by atoms with van der Waals surface area (Å²) >= 11 is 0. The quantitative estimate of drug-likeness (QED) is 0.674. The smallest absolute Gasteiger partial charge is 0.313 e. The van der Waals surface area contributed by atoms with Gasteiger partial charge in [0.1, 0.15) is 0 Å². The minimum absolute atomic E-state index is 0.0555. The molecule has 0 spiro atoms. The number of aromatic nitrogens is 5. The van der Waals surface area contributed by atoms with E-state index in [1.807, 2.05) is 4.98 Å². The van der Waals surface area contributed by atoms with Gasteiger partial charge in [0.25, 0.3) is 5.56 Å². The largest absolute Gasteiger partial charge is 0.451 e. The minimum Gasteiger partial charge on any atom is -0.313 e. The fourth-order valence-electron chi connectivity index (χ4n) is 3.07. The van der Waals surface area contributed by atoms with Gasteiger partial charge in [-0.3, -0.25) is 9.78 Å². The summed E-state index contributed by atoms with van der Waals surface area (Å²) in [5.41, 5.74) is -1.93. The molecule has 1 aliphatic rings. The first-order valence-electron chi connectivity index (χ1n) is 7.73. The minimum atomic E-state index is -4.83. The van der Waals surface area contributed by atoms with E-state index in [9.17, 15) is 31.5 Å². The van der Waals surface area contributed by atoms with Crippen molar-refractivity contribution in [2.45, 2.75) is 24.9 Å². The number of rotatable bonds is 3. The van der Waals surface area contributed by atoms with Crippen LogP contribution in [-0.4, -0.2) is 31.0 Å². The van der Waals surface area contributed by atoms with Crippen LogP contribution in [0.25, 0.3) is 16.8 Å². The lowest BCUT2D eigenvalue weighted by atomic mass is 10.1.